The van der Waals surface area contributed by atoms with Crippen LogP contribution in [0.4, 0.5) is 0 Å². The van der Waals surface area contributed by atoms with E-state index in [-0.39, 0.29) is 18.6 Å². The van der Waals surface area contributed by atoms with Crippen LogP contribution in [0.25, 0.3) is 0 Å². The predicted molar refractivity (Wildman–Crippen MR) is 81.1 cm³/mol. The van der Waals surface area contributed by atoms with Gasteiger partial charge in [-0.2, -0.15) is 0 Å². The normalized spacial score (nSPS) is 12.0. The van der Waals surface area contributed by atoms with Crippen molar-refractivity contribution in [3.8, 4) is 5.75 Å². The van der Waals surface area contributed by atoms with E-state index in [2.05, 4.69) is 5.32 Å². The van der Waals surface area contributed by atoms with Crippen molar-refractivity contribution in [1.29, 1.82) is 0 Å². The van der Waals surface area contributed by atoms with Crippen LogP contribution in [0.5, 0.6) is 5.75 Å². The van der Waals surface area contributed by atoms with Crippen molar-refractivity contribution < 1.29 is 19.4 Å². The van der Waals surface area contributed by atoms with Crippen molar-refractivity contribution in [3.05, 3.63) is 28.8 Å². The van der Waals surface area contributed by atoms with E-state index in [1.54, 1.807) is 7.05 Å². The lowest BCUT2D eigenvalue weighted by Gasteiger charge is -2.17. The zero-order valence-corrected chi connectivity index (χ0v) is 13.0. The minimum atomic E-state index is -0.900. The third-order valence-corrected chi connectivity index (χ3v) is 3.40. The molecule has 5 heteroatoms. The van der Waals surface area contributed by atoms with Gasteiger partial charge in [0.15, 0.2) is 5.78 Å². The molecule has 0 aliphatic heterocycles. The molecule has 0 saturated carbocycles. The third kappa shape index (κ3) is 4.56. The molecule has 0 aliphatic carbocycles. The molecule has 116 valence electrons. The van der Waals surface area contributed by atoms with Crippen molar-refractivity contribution in [2.45, 2.75) is 39.7 Å². The van der Waals surface area contributed by atoms with Gasteiger partial charge in [-0.25, -0.2) is 0 Å². The third-order valence-electron chi connectivity index (χ3n) is 3.40. The molecule has 21 heavy (non-hydrogen) atoms. The summed E-state index contributed by atoms with van der Waals surface area (Å²) in [7, 11) is 1.67. The quantitative estimate of drug-likeness (QED) is 0.720. The molecule has 0 heterocycles. The maximum atomic E-state index is 12.5. The minimum absolute atomic E-state index is 0.0354. The zero-order valence-electron chi connectivity index (χ0n) is 13.0. The molecule has 0 bridgehead atoms. The minimum Gasteiger partial charge on any atom is -0.494 e. The summed E-state index contributed by atoms with van der Waals surface area (Å²) in [4.78, 5) is 23.2. The van der Waals surface area contributed by atoms with Gasteiger partial charge in [-0.3, -0.25) is 9.59 Å². The van der Waals surface area contributed by atoms with E-state index in [9.17, 15) is 9.59 Å². The summed E-state index contributed by atoms with van der Waals surface area (Å²) in [5.41, 5.74) is 2.35. The summed E-state index contributed by atoms with van der Waals surface area (Å²) < 4.78 is 5.51. The Bertz CT molecular complexity index is 525. The smallest absolute Gasteiger partial charge is 0.303 e. The average Bonchev–Trinajstić information content (AvgIpc) is 2.42. The first-order valence-electron chi connectivity index (χ1n) is 7.08. The van der Waals surface area contributed by atoms with Crippen LogP contribution < -0.4 is 10.1 Å². The maximum Gasteiger partial charge on any atom is 0.303 e. The summed E-state index contributed by atoms with van der Waals surface area (Å²) in [6, 6.07) is 3.18. The Hall–Kier alpha value is -1.88. The number of likely N-dealkylation sites (N-methyl/N-ethyl adjacent to an activating group) is 1. The molecule has 0 aromatic heterocycles. The van der Waals surface area contributed by atoms with Gasteiger partial charge in [-0.05, 0) is 57.5 Å². The van der Waals surface area contributed by atoms with Crippen LogP contribution in [0.3, 0.4) is 0 Å². The molecule has 0 aliphatic rings. The van der Waals surface area contributed by atoms with E-state index in [1.165, 1.54) is 0 Å². The van der Waals surface area contributed by atoms with Gasteiger partial charge in [0, 0.05) is 12.0 Å². The molecule has 0 radical (unpaired) electrons. The largest absolute Gasteiger partial charge is 0.494 e. The predicted octanol–water partition coefficient (Wildman–Crippen LogP) is 2.34. The fraction of sp³-hybridized carbons (Fsp3) is 0.500. The van der Waals surface area contributed by atoms with Gasteiger partial charge in [-0.1, -0.05) is 0 Å². The molecule has 0 amide bonds. The van der Waals surface area contributed by atoms with E-state index in [0.717, 1.165) is 16.9 Å². The highest BCUT2D eigenvalue weighted by Gasteiger charge is 2.21. The molecular weight excluding hydrogens is 270 g/mol. The fourth-order valence-electron chi connectivity index (χ4n) is 2.23. The highest BCUT2D eigenvalue weighted by molar-refractivity contribution is 6.01. The number of nitrogens with one attached hydrogen (secondary N) is 1. The van der Waals surface area contributed by atoms with Crippen LogP contribution in [0.1, 0.15) is 41.3 Å². The number of rotatable bonds is 8. The van der Waals surface area contributed by atoms with Crippen LogP contribution in [0, 0.1) is 13.8 Å². The van der Waals surface area contributed by atoms with Crippen LogP contribution >= 0.6 is 0 Å². The SMILES string of the molecule is CCOc1cc(C)c(C(=O)C(CCC(=O)O)NC)cc1C. The van der Waals surface area contributed by atoms with Gasteiger partial charge in [0.05, 0.1) is 12.6 Å². The molecule has 5 nitrogen and oxygen atoms in total. The number of benzene rings is 1. The van der Waals surface area contributed by atoms with Gasteiger partial charge in [0.25, 0.3) is 0 Å². The highest BCUT2D eigenvalue weighted by Crippen LogP contribution is 2.24. The van der Waals surface area contributed by atoms with Gasteiger partial charge in [0.2, 0.25) is 0 Å². The van der Waals surface area contributed by atoms with Crippen LogP contribution in [0.15, 0.2) is 12.1 Å². The Morgan fingerprint density at radius 2 is 1.95 bits per heavy atom. The number of carboxylic acids is 1. The van der Waals surface area contributed by atoms with E-state index in [1.807, 2.05) is 32.9 Å². The zero-order chi connectivity index (χ0) is 16.0. The first-order chi connectivity index (χ1) is 9.90. The number of aliphatic carboxylic acids is 1. The number of carbonyl (C=O) groups excluding carboxylic acids is 1. The summed E-state index contributed by atoms with van der Waals surface area (Å²) in [5, 5.41) is 11.6. The first-order valence-corrected chi connectivity index (χ1v) is 7.08. The topological polar surface area (TPSA) is 75.6 Å². The number of ketones is 1. The molecule has 0 saturated heterocycles. The number of ether oxygens (including phenoxy) is 1. The molecule has 2 N–H and O–H groups in total. The second-order valence-electron chi connectivity index (χ2n) is 5.00. The molecule has 1 aromatic carbocycles. The Kier molecular flexibility index (Phi) is 6.37. The monoisotopic (exact) mass is 293 g/mol. The van der Waals surface area contributed by atoms with E-state index in [0.29, 0.717) is 12.2 Å². The number of carbonyl (C=O) groups is 2. The van der Waals surface area contributed by atoms with Crippen molar-refractivity contribution in [2.75, 3.05) is 13.7 Å². The molecule has 1 rings (SSSR count). The number of Topliss-reactive ketones (excluding diaryl/α,β-unsaturated/α-hetero) is 1. The van der Waals surface area contributed by atoms with Crippen LogP contribution in [-0.2, 0) is 4.79 Å². The standard InChI is InChI=1S/C16H23NO4/c1-5-21-14-9-10(2)12(8-11(14)3)16(20)13(17-4)6-7-15(18)19/h8-9,13,17H,5-7H2,1-4H3,(H,18,19). The molecular formula is C16H23NO4. The first kappa shape index (κ1) is 17.2. The van der Waals surface area contributed by atoms with Crippen molar-refractivity contribution in [3.63, 3.8) is 0 Å². The molecule has 0 spiro atoms. The number of carboxylic acid groups (broad SMARTS) is 1. The second kappa shape index (κ2) is 7.78. The Morgan fingerprint density at radius 3 is 2.48 bits per heavy atom. The van der Waals surface area contributed by atoms with Crippen molar-refractivity contribution in [2.24, 2.45) is 0 Å². The van der Waals surface area contributed by atoms with Gasteiger partial charge in [-0.15, -0.1) is 0 Å². The van der Waals surface area contributed by atoms with Crippen LogP contribution in [-0.4, -0.2) is 36.6 Å². The lowest BCUT2D eigenvalue weighted by molar-refractivity contribution is -0.137. The highest BCUT2D eigenvalue weighted by atomic mass is 16.5. The Balaban J connectivity index is 3.00. The van der Waals surface area contributed by atoms with Gasteiger partial charge in [0.1, 0.15) is 5.75 Å². The lowest BCUT2D eigenvalue weighted by Crippen LogP contribution is -2.35. The molecule has 1 unspecified atom stereocenters. The lowest BCUT2D eigenvalue weighted by atomic mass is 9.95. The van der Waals surface area contributed by atoms with E-state index >= 15 is 0 Å². The van der Waals surface area contributed by atoms with Gasteiger partial charge >= 0.3 is 5.97 Å². The van der Waals surface area contributed by atoms with E-state index in [4.69, 9.17) is 9.84 Å². The summed E-state index contributed by atoms with van der Waals surface area (Å²) in [6.07, 6.45) is 0.239. The summed E-state index contributed by atoms with van der Waals surface area (Å²) >= 11 is 0. The molecule has 1 atom stereocenters. The van der Waals surface area contributed by atoms with E-state index < -0.39 is 12.0 Å². The molecule has 1 aromatic rings. The number of hydrogen-bond acceptors (Lipinski definition) is 4. The number of aryl methyl sites for hydroxylation is 2. The van der Waals surface area contributed by atoms with Crippen molar-refractivity contribution >= 4 is 11.8 Å². The van der Waals surface area contributed by atoms with Crippen molar-refractivity contribution in [1.82, 2.24) is 5.32 Å². The number of hydrogen-bond donors (Lipinski definition) is 2. The second-order valence-corrected chi connectivity index (χ2v) is 5.00. The fourth-order valence-corrected chi connectivity index (χ4v) is 2.23. The average molecular weight is 293 g/mol. The summed E-state index contributed by atoms with van der Waals surface area (Å²) in [5.74, 6) is -0.205. The molecule has 0 fully saturated rings. The van der Waals surface area contributed by atoms with Crippen LogP contribution in [0.2, 0.25) is 0 Å². The summed E-state index contributed by atoms with van der Waals surface area (Å²) in [6.45, 7) is 6.24. The maximum absolute atomic E-state index is 12.5. The Morgan fingerprint density at radius 1 is 1.29 bits per heavy atom. The van der Waals surface area contributed by atoms with Gasteiger partial charge < -0.3 is 15.2 Å². The Labute approximate surface area is 125 Å².